The molecule has 5 N–H and O–H groups in total. The molecule has 0 saturated heterocycles. The Kier molecular flexibility index (Phi) is 9.56. The molecule has 0 rings (SSSR count). The van der Waals surface area contributed by atoms with Gasteiger partial charge in [-0.25, -0.2) is 0 Å². The molecule has 24 valence electrons. The number of hydrogen-bond donors (Lipinski definition) is 2. The molecule has 5 heavy (non-hydrogen) atoms. The van der Waals surface area contributed by atoms with Crippen LogP contribution in [-0.4, -0.2) is 5.96 Å². The third kappa shape index (κ3) is 41.5. The van der Waals surface area contributed by atoms with Gasteiger partial charge in [0.05, 0.1) is 0 Å². The van der Waals surface area contributed by atoms with E-state index in [1.807, 2.05) is 0 Å². The van der Waals surface area contributed by atoms with E-state index in [4.69, 9.17) is 5.73 Å². The van der Waals surface area contributed by atoms with Crippen molar-refractivity contribution < 1.29 is 63.6 Å². The summed E-state index contributed by atoms with van der Waals surface area (Å²) in [6.45, 7) is 0. The molecule has 0 aromatic carbocycles. The minimum Gasteiger partial charge on any atom is -0.370 e. The van der Waals surface area contributed by atoms with Gasteiger partial charge in [0.15, 0.2) is 5.96 Å². The van der Waals surface area contributed by atoms with Crippen molar-refractivity contribution in [3.8, 4) is 0 Å². The normalized spacial score (nSPS) is 4.80. The Balaban J connectivity index is 0. The van der Waals surface area contributed by atoms with Crippen LogP contribution < -0.4 is 69.3 Å². The van der Waals surface area contributed by atoms with Crippen LogP contribution in [0, 0.1) is 0 Å². The van der Waals surface area contributed by atoms with Crippen molar-refractivity contribution in [2.75, 3.05) is 0 Å². The molecule has 0 aliphatic carbocycles. The second kappa shape index (κ2) is 5.08. The summed E-state index contributed by atoms with van der Waals surface area (Å²) in [7, 11) is 0. The monoisotopic (exact) mass is 144 g/mol. The Bertz CT molecular complexity index is 29.9. The van der Waals surface area contributed by atoms with Crippen molar-refractivity contribution >= 4 is 5.96 Å². The fourth-order valence-electron chi connectivity index (χ4n) is 0. The van der Waals surface area contributed by atoms with Gasteiger partial charge < -0.3 is 11.1 Å². The largest absolute Gasteiger partial charge is 1.00 e. The number of guanidine groups is 1. The Morgan fingerprint density at radius 1 is 1.80 bits per heavy atom. The SMILES string of the molecule is [NH-]C(N)=[NH2+].[Rb+]. The first kappa shape index (κ1) is 9.42. The van der Waals surface area contributed by atoms with Crippen LogP contribution in [0.2, 0.25) is 0 Å². The summed E-state index contributed by atoms with van der Waals surface area (Å²) in [5.74, 6) is -0.333. The van der Waals surface area contributed by atoms with E-state index in [0.29, 0.717) is 0 Å². The number of rotatable bonds is 0. The van der Waals surface area contributed by atoms with Crippen LogP contribution in [-0.2, 0) is 0 Å². The Hall–Kier alpha value is 1.08. The van der Waals surface area contributed by atoms with Gasteiger partial charge in [-0.15, -0.1) is 0 Å². The molecule has 0 spiro atoms. The van der Waals surface area contributed by atoms with Gasteiger partial charge >= 0.3 is 58.2 Å². The molecule has 0 aliphatic heterocycles. The second-order valence-electron chi connectivity index (χ2n) is 0.455. The third-order valence-electron chi connectivity index (χ3n) is 0. The second-order valence-corrected chi connectivity index (χ2v) is 0.455. The fraction of sp³-hybridized carbons (Fsp3) is 0. The number of hydrogen-bond acceptors (Lipinski definition) is 0. The maximum absolute atomic E-state index is 6.06. The number of nitrogens with two attached hydrogens (primary N) is 2. The summed E-state index contributed by atoms with van der Waals surface area (Å²) < 4.78 is 0. The summed E-state index contributed by atoms with van der Waals surface area (Å²) in [5.41, 5.74) is 10.5. The van der Waals surface area contributed by atoms with Gasteiger partial charge in [0.1, 0.15) is 0 Å². The zero-order valence-electron chi connectivity index (χ0n) is 3.15. The first-order valence-corrected chi connectivity index (χ1v) is 0.827. The van der Waals surface area contributed by atoms with Crippen LogP contribution in [0.15, 0.2) is 0 Å². The molecule has 0 aliphatic rings. The molecule has 0 atom stereocenters. The molecule has 0 aromatic heterocycles. The summed E-state index contributed by atoms with van der Waals surface area (Å²) in [6, 6.07) is 0. The Morgan fingerprint density at radius 3 is 1.80 bits per heavy atom. The van der Waals surface area contributed by atoms with Crippen molar-refractivity contribution in [1.82, 2.24) is 0 Å². The summed E-state index contributed by atoms with van der Waals surface area (Å²) in [6.07, 6.45) is 0. The van der Waals surface area contributed by atoms with E-state index in [1.165, 1.54) is 0 Å². The van der Waals surface area contributed by atoms with E-state index in [0.717, 1.165) is 0 Å². The molecule has 3 nitrogen and oxygen atoms in total. The van der Waals surface area contributed by atoms with Crippen LogP contribution in [0.3, 0.4) is 0 Å². The summed E-state index contributed by atoms with van der Waals surface area (Å²) >= 11 is 0. The maximum Gasteiger partial charge on any atom is 1.00 e. The third-order valence-corrected chi connectivity index (χ3v) is 0. The predicted molar refractivity (Wildman–Crippen MR) is 15.4 cm³/mol. The van der Waals surface area contributed by atoms with Gasteiger partial charge in [0, 0.05) is 0 Å². The minimum atomic E-state index is -0.333. The minimum absolute atomic E-state index is 0. The average Bonchev–Trinajstić information content (AvgIpc) is 0.811. The van der Waals surface area contributed by atoms with Gasteiger partial charge in [0.2, 0.25) is 0 Å². The first-order valence-electron chi connectivity index (χ1n) is 0.827. The van der Waals surface area contributed by atoms with Gasteiger partial charge in [-0.05, 0) is 0 Å². The average molecular weight is 145 g/mol. The molecule has 0 unspecified atom stereocenters. The van der Waals surface area contributed by atoms with Crippen molar-refractivity contribution in [1.29, 1.82) is 0 Å². The quantitative estimate of drug-likeness (QED) is 0.260. The van der Waals surface area contributed by atoms with E-state index >= 15 is 0 Å². The van der Waals surface area contributed by atoms with Crippen LogP contribution >= 0.6 is 0 Å². The van der Waals surface area contributed by atoms with Crippen molar-refractivity contribution in [3.63, 3.8) is 0 Å². The van der Waals surface area contributed by atoms with Crippen LogP contribution in [0.4, 0.5) is 0 Å². The van der Waals surface area contributed by atoms with Crippen molar-refractivity contribution in [2.24, 2.45) is 5.73 Å². The first-order chi connectivity index (χ1) is 1.73. The van der Waals surface area contributed by atoms with Crippen LogP contribution in [0.5, 0.6) is 0 Å². The van der Waals surface area contributed by atoms with Crippen LogP contribution in [0.25, 0.3) is 5.73 Å². The summed E-state index contributed by atoms with van der Waals surface area (Å²) in [4.78, 5) is 0. The molecule has 0 fully saturated rings. The number of nitrogens with one attached hydrogen (secondary N) is 1. The molecule has 0 bridgehead atoms. The van der Waals surface area contributed by atoms with E-state index in [9.17, 15) is 0 Å². The van der Waals surface area contributed by atoms with Gasteiger partial charge in [0.25, 0.3) is 0 Å². The fourth-order valence-corrected chi connectivity index (χ4v) is 0. The van der Waals surface area contributed by atoms with Crippen molar-refractivity contribution in [2.45, 2.75) is 0 Å². The maximum atomic E-state index is 6.06. The molecule has 0 radical (unpaired) electrons. The molecular formula is CH5N3Rb+. The molecule has 0 aromatic rings. The Labute approximate surface area is 79.4 Å². The molecule has 4 heteroatoms. The Morgan fingerprint density at radius 2 is 1.80 bits per heavy atom. The molecular weight excluding hydrogens is 140 g/mol. The van der Waals surface area contributed by atoms with Crippen LogP contribution in [0.1, 0.15) is 0 Å². The van der Waals surface area contributed by atoms with Gasteiger partial charge in [-0.3, -0.25) is 5.73 Å². The standard InChI is InChI=1S/CH5N3.Rb/c2-1(3)4;/h(H5,2,3,4);/q;+1. The van der Waals surface area contributed by atoms with Gasteiger partial charge in [-0.1, -0.05) is 0 Å². The predicted octanol–water partition coefficient (Wildman–Crippen LogP) is -4.88. The zero-order valence-corrected chi connectivity index (χ0v) is 8.07. The topological polar surface area (TPSA) is 75.4 Å². The molecule has 0 saturated carbocycles. The van der Waals surface area contributed by atoms with E-state index in [1.54, 1.807) is 0 Å². The van der Waals surface area contributed by atoms with Gasteiger partial charge in [-0.2, -0.15) is 0 Å². The smallest absolute Gasteiger partial charge is 0.370 e. The molecule has 0 amide bonds. The van der Waals surface area contributed by atoms with E-state index < -0.39 is 0 Å². The summed E-state index contributed by atoms with van der Waals surface area (Å²) in [5, 5.41) is 4.47. The zero-order chi connectivity index (χ0) is 3.58. The van der Waals surface area contributed by atoms with E-state index in [-0.39, 0.29) is 64.1 Å². The van der Waals surface area contributed by atoms with Crippen molar-refractivity contribution in [3.05, 3.63) is 5.73 Å². The van der Waals surface area contributed by atoms with E-state index in [2.05, 4.69) is 11.1 Å². The molecule has 0 heterocycles.